The van der Waals surface area contributed by atoms with E-state index >= 15 is 0 Å². The first-order valence-electron chi connectivity index (χ1n) is 19.2. The van der Waals surface area contributed by atoms with Gasteiger partial charge in [0.1, 0.15) is 0 Å². The molecule has 3 heteroatoms. The summed E-state index contributed by atoms with van der Waals surface area (Å²) in [6.45, 7) is 4.67. The summed E-state index contributed by atoms with van der Waals surface area (Å²) in [7, 11) is 0. The van der Waals surface area contributed by atoms with E-state index in [1.165, 1.54) is 61.3 Å². The van der Waals surface area contributed by atoms with Gasteiger partial charge in [-0.2, -0.15) is 0 Å². The molecule has 0 aromatic heterocycles. The third-order valence-electron chi connectivity index (χ3n) is 12.6. The van der Waals surface area contributed by atoms with Gasteiger partial charge in [0.15, 0.2) is 11.5 Å². The Morgan fingerprint density at radius 1 is 0.400 bits per heavy atom. The molecule has 4 aliphatic rings. The summed E-state index contributed by atoms with van der Waals surface area (Å²) in [5, 5.41) is 0. The Morgan fingerprint density at radius 2 is 0.945 bits per heavy atom. The molecule has 0 bridgehead atoms. The van der Waals surface area contributed by atoms with Crippen molar-refractivity contribution in [3.05, 3.63) is 215 Å². The minimum absolute atomic E-state index is 0.238. The van der Waals surface area contributed by atoms with Crippen molar-refractivity contribution < 1.29 is 4.74 Å². The third-order valence-corrected chi connectivity index (χ3v) is 12.6. The standard InChI is InChI=1S/C52H36N2O/c1-51(2)43-30-28-35(32-47(43)54-46-24-12-13-25-48(46)55-49-26-14-23-44(51)50(49)54)53(33-15-4-3-5-16-33)34-27-29-39-38-19-8-11-22-42(38)52(45(39)31-34)40-20-9-6-17-36(40)37-18-7-10-21-41(37)52/h3-32H,1-2H3. The smallest absolute Gasteiger partial charge is 0.151 e. The Labute approximate surface area is 321 Å². The van der Waals surface area contributed by atoms with Crippen molar-refractivity contribution in [2.75, 3.05) is 9.80 Å². The monoisotopic (exact) mass is 704 g/mol. The summed E-state index contributed by atoms with van der Waals surface area (Å²) in [5.41, 5.74) is 19.2. The average Bonchev–Trinajstić information content (AvgIpc) is 3.70. The summed E-state index contributed by atoms with van der Waals surface area (Å²) >= 11 is 0. The Bertz CT molecular complexity index is 2840. The zero-order valence-corrected chi connectivity index (χ0v) is 30.6. The highest BCUT2D eigenvalue weighted by Crippen LogP contribution is 2.64. The molecule has 8 aromatic carbocycles. The quantitative estimate of drug-likeness (QED) is 0.182. The number of benzene rings is 8. The summed E-state index contributed by atoms with van der Waals surface area (Å²) in [6.07, 6.45) is 0. The fourth-order valence-corrected chi connectivity index (χ4v) is 10.3. The van der Waals surface area contributed by atoms with Crippen LogP contribution in [0.25, 0.3) is 22.3 Å². The van der Waals surface area contributed by atoms with E-state index in [1.54, 1.807) is 0 Å². The number of fused-ring (bicyclic) bond motifs is 14. The van der Waals surface area contributed by atoms with Crippen molar-refractivity contribution in [2.45, 2.75) is 24.7 Å². The summed E-state index contributed by atoms with van der Waals surface area (Å²) in [6, 6.07) is 67.0. The predicted molar refractivity (Wildman–Crippen MR) is 224 cm³/mol. The molecule has 0 unspecified atom stereocenters. The lowest BCUT2D eigenvalue weighted by Gasteiger charge is -2.45. The minimum atomic E-state index is -0.422. The fraction of sp³-hybridized carbons (Fsp3) is 0.0769. The van der Waals surface area contributed by atoms with Gasteiger partial charge in [-0.1, -0.05) is 141 Å². The van der Waals surface area contributed by atoms with E-state index < -0.39 is 5.41 Å². The number of anilines is 6. The van der Waals surface area contributed by atoms with E-state index in [9.17, 15) is 0 Å². The molecule has 0 fully saturated rings. The van der Waals surface area contributed by atoms with E-state index in [4.69, 9.17) is 4.74 Å². The normalized spacial score (nSPS) is 15.1. The van der Waals surface area contributed by atoms with Gasteiger partial charge in [0.25, 0.3) is 0 Å². The fourth-order valence-electron chi connectivity index (χ4n) is 10.3. The molecule has 0 amide bonds. The van der Waals surface area contributed by atoms with Crippen LogP contribution in [0, 0.1) is 0 Å². The summed E-state index contributed by atoms with van der Waals surface area (Å²) < 4.78 is 6.56. The lowest BCUT2D eigenvalue weighted by Crippen LogP contribution is -2.32. The molecule has 1 spiro atoms. The van der Waals surface area contributed by atoms with Crippen LogP contribution in [0.1, 0.15) is 47.2 Å². The van der Waals surface area contributed by atoms with Gasteiger partial charge < -0.3 is 14.5 Å². The van der Waals surface area contributed by atoms with Gasteiger partial charge in [0.2, 0.25) is 0 Å². The maximum Gasteiger partial charge on any atom is 0.151 e. The maximum absolute atomic E-state index is 6.56. The molecular weight excluding hydrogens is 669 g/mol. The van der Waals surface area contributed by atoms with Gasteiger partial charge >= 0.3 is 0 Å². The summed E-state index contributed by atoms with van der Waals surface area (Å²) in [4.78, 5) is 4.86. The van der Waals surface area contributed by atoms with E-state index in [0.29, 0.717) is 0 Å². The van der Waals surface area contributed by atoms with Gasteiger partial charge in [0.05, 0.1) is 22.5 Å². The highest BCUT2D eigenvalue weighted by molar-refractivity contribution is 5.98. The van der Waals surface area contributed by atoms with Crippen molar-refractivity contribution in [3.63, 3.8) is 0 Å². The molecule has 12 rings (SSSR count). The zero-order valence-electron chi connectivity index (χ0n) is 30.6. The van der Waals surface area contributed by atoms with Crippen molar-refractivity contribution in [2.24, 2.45) is 0 Å². The van der Waals surface area contributed by atoms with Gasteiger partial charge in [-0.3, -0.25) is 0 Å². The molecule has 3 nitrogen and oxygen atoms in total. The molecule has 2 heterocycles. The molecule has 0 radical (unpaired) electrons. The second-order valence-electron chi connectivity index (χ2n) is 15.7. The second kappa shape index (κ2) is 10.9. The molecule has 8 aromatic rings. The molecule has 0 saturated heterocycles. The van der Waals surface area contributed by atoms with E-state index in [2.05, 4.69) is 206 Å². The highest BCUT2D eigenvalue weighted by Gasteiger charge is 2.51. The van der Waals surface area contributed by atoms with Crippen LogP contribution in [-0.2, 0) is 10.8 Å². The van der Waals surface area contributed by atoms with Crippen LogP contribution in [0.2, 0.25) is 0 Å². The van der Waals surface area contributed by atoms with Crippen LogP contribution < -0.4 is 14.5 Å². The molecule has 0 atom stereocenters. The second-order valence-corrected chi connectivity index (χ2v) is 15.7. The minimum Gasteiger partial charge on any atom is -0.453 e. The van der Waals surface area contributed by atoms with E-state index in [1.807, 2.05) is 0 Å². The Kier molecular flexibility index (Phi) is 6.05. The SMILES string of the molecule is CC1(C)c2ccc(N(c3ccccc3)c3ccc4c(c3)C3(c5ccccc5-c5ccccc53)c3ccccc3-4)cc2N2c3ccccc3Oc3cccc1c32. The molecule has 260 valence electrons. The van der Waals surface area contributed by atoms with E-state index in [0.717, 1.165) is 39.9 Å². The number of hydrogen-bond acceptors (Lipinski definition) is 3. The Hall–Kier alpha value is -6.84. The van der Waals surface area contributed by atoms with Crippen LogP contribution in [0.4, 0.5) is 34.1 Å². The number of nitrogens with zero attached hydrogens (tertiary/aromatic N) is 2. The van der Waals surface area contributed by atoms with Crippen molar-refractivity contribution in [1.82, 2.24) is 0 Å². The molecule has 0 saturated carbocycles. The number of hydrogen-bond donors (Lipinski definition) is 0. The van der Waals surface area contributed by atoms with Crippen LogP contribution in [-0.4, -0.2) is 0 Å². The van der Waals surface area contributed by atoms with Gasteiger partial charge in [-0.15, -0.1) is 0 Å². The largest absolute Gasteiger partial charge is 0.453 e. The molecule has 2 aliphatic heterocycles. The van der Waals surface area contributed by atoms with Gasteiger partial charge in [-0.05, 0) is 110 Å². The van der Waals surface area contributed by atoms with Crippen molar-refractivity contribution in [1.29, 1.82) is 0 Å². The van der Waals surface area contributed by atoms with Crippen molar-refractivity contribution >= 4 is 34.1 Å². The number of rotatable bonds is 3. The lowest BCUT2D eigenvalue weighted by molar-refractivity contribution is 0.471. The Balaban J connectivity index is 1.11. The third kappa shape index (κ3) is 3.89. The lowest BCUT2D eigenvalue weighted by atomic mass is 9.70. The maximum atomic E-state index is 6.56. The van der Waals surface area contributed by atoms with Gasteiger partial charge in [-0.25, -0.2) is 0 Å². The van der Waals surface area contributed by atoms with E-state index in [-0.39, 0.29) is 5.41 Å². The van der Waals surface area contributed by atoms with Crippen LogP contribution in [0.15, 0.2) is 182 Å². The molecule has 2 aliphatic carbocycles. The first kappa shape index (κ1) is 30.6. The topological polar surface area (TPSA) is 15.7 Å². The molecular formula is C52H36N2O. The highest BCUT2D eigenvalue weighted by atomic mass is 16.5. The van der Waals surface area contributed by atoms with Crippen molar-refractivity contribution in [3.8, 4) is 33.8 Å². The van der Waals surface area contributed by atoms with Gasteiger partial charge in [0, 0.05) is 22.5 Å². The predicted octanol–water partition coefficient (Wildman–Crippen LogP) is 13.7. The Morgan fingerprint density at radius 3 is 1.65 bits per heavy atom. The first-order valence-corrected chi connectivity index (χ1v) is 19.2. The molecule has 0 N–H and O–H groups in total. The first-order chi connectivity index (χ1) is 27.0. The van der Waals surface area contributed by atoms with Crippen LogP contribution in [0.5, 0.6) is 11.5 Å². The molecule has 55 heavy (non-hydrogen) atoms. The van der Waals surface area contributed by atoms with Crippen LogP contribution in [0.3, 0.4) is 0 Å². The number of para-hydroxylation sites is 4. The zero-order chi connectivity index (χ0) is 36.5. The van der Waals surface area contributed by atoms with Crippen LogP contribution >= 0.6 is 0 Å². The average molecular weight is 705 g/mol. The summed E-state index contributed by atoms with van der Waals surface area (Å²) in [5.74, 6) is 1.75. The number of ether oxygens (including phenoxy) is 1.